The summed E-state index contributed by atoms with van der Waals surface area (Å²) in [6, 6.07) is 14.8. The number of hydrogen-bond acceptors (Lipinski definition) is 4. The molecule has 2 N–H and O–H groups in total. The van der Waals surface area contributed by atoms with Crippen molar-refractivity contribution in [3.63, 3.8) is 0 Å². The maximum atomic E-state index is 13.2. The normalized spacial score (nSPS) is 10.4. The first kappa shape index (κ1) is 16.9. The number of anilines is 3. The summed E-state index contributed by atoms with van der Waals surface area (Å²) in [6.07, 6.45) is 0. The van der Waals surface area contributed by atoms with Crippen molar-refractivity contribution in [2.24, 2.45) is 0 Å². The number of nitrogens with one attached hydrogen (secondary N) is 2. The molecule has 0 unspecified atom stereocenters. The minimum absolute atomic E-state index is 0.0142. The van der Waals surface area contributed by atoms with Gasteiger partial charge in [-0.1, -0.05) is 29.8 Å². The predicted octanol–water partition coefficient (Wildman–Crippen LogP) is 4.57. The van der Waals surface area contributed by atoms with Crippen molar-refractivity contribution in [2.75, 3.05) is 10.6 Å². The molecule has 0 fully saturated rings. The Morgan fingerprint density at radius 2 is 1.80 bits per heavy atom. The summed E-state index contributed by atoms with van der Waals surface area (Å²) in [7, 11) is 0. The van der Waals surface area contributed by atoms with Gasteiger partial charge in [0.05, 0.1) is 5.02 Å². The summed E-state index contributed by atoms with van der Waals surface area (Å²) in [6.45, 7) is 1.75. The molecule has 2 aromatic carbocycles. The molecule has 3 aromatic rings. The zero-order valence-electron chi connectivity index (χ0n) is 13.3. The van der Waals surface area contributed by atoms with Crippen LogP contribution >= 0.6 is 11.6 Å². The van der Waals surface area contributed by atoms with Gasteiger partial charge in [-0.3, -0.25) is 4.79 Å². The van der Waals surface area contributed by atoms with Gasteiger partial charge in [-0.25, -0.2) is 14.4 Å². The second-order valence-electron chi connectivity index (χ2n) is 5.29. The van der Waals surface area contributed by atoms with Crippen LogP contribution < -0.4 is 10.6 Å². The average molecular weight is 357 g/mol. The van der Waals surface area contributed by atoms with Crippen molar-refractivity contribution in [2.45, 2.75) is 6.92 Å². The molecule has 0 aliphatic carbocycles. The van der Waals surface area contributed by atoms with Crippen LogP contribution in [0, 0.1) is 12.7 Å². The van der Waals surface area contributed by atoms with Gasteiger partial charge in [-0.2, -0.15) is 0 Å². The Bertz CT molecular complexity index is 918. The number of benzene rings is 2. The van der Waals surface area contributed by atoms with Crippen molar-refractivity contribution < 1.29 is 9.18 Å². The number of carbonyl (C=O) groups excluding carboxylic acids is 1. The van der Waals surface area contributed by atoms with Crippen LogP contribution in [0.4, 0.5) is 21.7 Å². The third kappa shape index (κ3) is 4.30. The Labute approximate surface area is 148 Å². The Hall–Kier alpha value is -2.99. The van der Waals surface area contributed by atoms with Gasteiger partial charge >= 0.3 is 0 Å². The average Bonchev–Trinajstić information content (AvgIpc) is 2.58. The number of aryl methyl sites for hydroxylation is 1. The fourth-order valence-corrected chi connectivity index (χ4v) is 2.34. The molecule has 0 aliphatic heterocycles. The highest BCUT2D eigenvalue weighted by Gasteiger charge is 2.11. The quantitative estimate of drug-likeness (QED) is 0.718. The lowest BCUT2D eigenvalue weighted by molar-refractivity contribution is 0.102. The topological polar surface area (TPSA) is 66.9 Å². The van der Waals surface area contributed by atoms with Crippen molar-refractivity contribution in [1.82, 2.24) is 9.97 Å². The fraction of sp³-hybridized carbons (Fsp3) is 0.0556. The zero-order valence-corrected chi connectivity index (χ0v) is 14.0. The third-order valence-corrected chi connectivity index (χ3v) is 3.58. The maximum absolute atomic E-state index is 13.2. The summed E-state index contributed by atoms with van der Waals surface area (Å²) < 4.78 is 13.2. The minimum atomic E-state index is -0.514. The summed E-state index contributed by atoms with van der Waals surface area (Å²) in [5.41, 5.74) is 2.02. The van der Waals surface area contributed by atoms with E-state index in [-0.39, 0.29) is 22.6 Å². The Kier molecular flexibility index (Phi) is 4.90. The smallest absolute Gasteiger partial charge is 0.274 e. The number of hydrogen-bond donors (Lipinski definition) is 2. The highest BCUT2D eigenvalue weighted by molar-refractivity contribution is 6.31. The van der Waals surface area contributed by atoms with Gasteiger partial charge in [0.2, 0.25) is 5.95 Å². The molecule has 1 heterocycles. The molecule has 7 heteroatoms. The van der Waals surface area contributed by atoms with Crippen molar-refractivity contribution in [3.8, 4) is 0 Å². The molecule has 0 atom stereocenters. The third-order valence-electron chi connectivity index (χ3n) is 3.29. The summed E-state index contributed by atoms with van der Waals surface area (Å²) in [5, 5.41) is 5.67. The first-order valence-electron chi connectivity index (χ1n) is 7.45. The van der Waals surface area contributed by atoms with Crippen molar-refractivity contribution >= 4 is 34.8 Å². The first-order chi connectivity index (χ1) is 12.0. The molecule has 3 rings (SSSR count). The molecule has 0 saturated heterocycles. The van der Waals surface area contributed by atoms with Crippen LogP contribution in [0.15, 0.2) is 54.6 Å². The van der Waals surface area contributed by atoms with Gasteiger partial charge in [0.15, 0.2) is 0 Å². The van der Waals surface area contributed by atoms with Crippen molar-refractivity contribution in [3.05, 3.63) is 76.8 Å². The number of para-hydroxylation sites is 1. The predicted molar refractivity (Wildman–Crippen MR) is 95.9 cm³/mol. The first-order valence-corrected chi connectivity index (χ1v) is 7.83. The highest BCUT2D eigenvalue weighted by Crippen LogP contribution is 2.21. The lowest BCUT2D eigenvalue weighted by Crippen LogP contribution is -2.15. The standard InChI is InChI=1S/C18H14ClFN4O/c1-11-9-16(17(25)22-12-5-3-2-4-6-12)24-18(21-11)23-13-7-8-15(20)14(19)10-13/h2-10H,1H3,(H,22,25)(H,21,23,24). The number of halogens is 2. The summed E-state index contributed by atoms with van der Waals surface area (Å²) in [5.74, 6) is -0.641. The van der Waals surface area contributed by atoms with E-state index < -0.39 is 5.82 Å². The molecule has 0 aliphatic rings. The molecule has 1 amide bonds. The number of carbonyl (C=O) groups is 1. The van der Waals surface area contributed by atoms with E-state index in [1.54, 1.807) is 25.1 Å². The molecule has 25 heavy (non-hydrogen) atoms. The molecule has 0 saturated carbocycles. The maximum Gasteiger partial charge on any atom is 0.274 e. The second kappa shape index (κ2) is 7.27. The van der Waals surface area contributed by atoms with E-state index in [0.717, 1.165) is 0 Å². The molecule has 126 valence electrons. The molecule has 0 spiro atoms. The number of aromatic nitrogens is 2. The number of rotatable bonds is 4. The SMILES string of the molecule is Cc1cc(C(=O)Nc2ccccc2)nc(Nc2ccc(F)c(Cl)c2)n1. The summed E-state index contributed by atoms with van der Waals surface area (Å²) >= 11 is 5.76. The van der Waals surface area contributed by atoms with Crippen LogP contribution in [0.25, 0.3) is 0 Å². The van der Waals surface area contributed by atoms with Crippen LogP contribution in [-0.4, -0.2) is 15.9 Å². The van der Waals surface area contributed by atoms with E-state index in [1.165, 1.54) is 18.2 Å². The molecule has 1 aromatic heterocycles. The Balaban J connectivity index is 1.82. The van der Waals surface area contributed by atoms with E-state index in [4.69, 9.17) is 11.6 Å². The second-order valence-corrected chi connectivity index (χ2v) is 5.70. The Morgan fingerprint density at radius 1 is 1.04 bits per heavy atom. The van der Waals surface area contributed by atoms with Gasteiger partial charge in [0.1, 0.15) is 11.5 Å². The van der Waals surface area contributed by atoms with E-state index in [0.29, 0.717) is 17.1 Å². The lowest BCUT2D eigenvalue weighted by atomic mass is 10.3. The largest absolute Gasteiger partial charge is 0.324 e. The van der Waals surface area contributed by atoms with Gasteiger partial charge in [0.25, 0.3) is 5.91 Å². The van der Waals surface area contributed by atoms with Crippen LogP contribution in [0.1, 0.15) is 16.2 Å². The molecule has 0 radical (unpaired) electrons. The minimum Gasteiger partial charge on any atom is -0.324 e. The van der Waals surface area contributed by atoms with Gasteiger partial charge in [-0.15, -0.1) is 0 Å². The monoisotopic (exact) mass is 356 g/mol. The van der Waals surface area contributed by atoms with Crippen LogP contribution in [0.5, 0.6) is 0 Å². The molecule has 0 bridgehead atoms. The van der Waals surface area contributed by atoms with Crippen LogP contribution in [0.2, 0.25) is 5.02 Å². The van der Waals surface area contributed by atoms with Gasteiger partial charge in [0, 0.05) is 17.1 Å². The molecular formula is C18H14ClFN4O. The number of amides is 1. The summed E-state index contributed by atoms with van der Waals surface area (Å²) in [4.78, 5) is 20.8. The Morgan fingerprint density at radius 3 is 2.52 bits per heavy atom. The van der Waals surface area contributed by atoms with E-state index in [2.05, 4.69) is 20.6 Å². The molecular weight excluding hydrogens is 343 g/mol. The van der Waals surface area contributed by atoms with E-state index >= 15 is 0 Å². The highest BCUT2D eigenvalue weighted by atomic mass is 35.5. The van der Waals surface area contributed by atoms with Gasteiger partial charge in [-0.05, 0) is 43.3 Å². The van der Waals surface area contributed by atoms with Crippen molar-refractivity contribution in [1.29, 1.82) is 0 Å². The van der Waals surface area contributed by atoms with Crippen LogP contribution in [0.3, 0.4) is 0 Å². The zero-order chi connectivity index (χ0) is 17.8. The lowest BCUT2D eigenvalue weighted by Gasteiger charge is -2.09. The van der Waals surface area contributed by atoms with E-state index in [9.17, 15) is 9.18 Å². The van der Waals surface area contributed by atoms with Crippen LogP contribution in [-0.2, 0) is 0 Å². The number of nitrogens with zero attached hydrogens (tertiary/aromatic N) is 2. The fourth-order valence-electron chi connectivity index (χ4n) is 2.16. The molecule has 5 nitrogen and oxygen atoms in total. The van der Waals surface area contributed by atoms with E-state index in [1.807, 2.05) is 18.2 Å². The van der Waals surface area contributed by atoms with Gasteiger partial charge < -0.3 is 10.6 Å².